The van der Waals surface area contributed by atoms with Gasteiger partial charge in [0.05, 0.1) is 28.4 Å². The molecule has 0 aliphatic carbocycles. The summed E-state index contributed by atoms with van der Waals surface area (Å²) in [5.41, 5.74) is 0.202. The fourth-order valence-corrected chi connectivity index (χ4v) is 3.77. The van der Waals surface area contributed by atoms with Crippen LogP contribution in [0.15, 0.2) is 45.6 Å². The van der Waals surface area contributed by atoms with E-state index < -0.39 is 17.4 Å². The molecule has 0 fully saturated rings. The third kappa shape index (κ3) is 3.09. The second-order valence-electron chi connectivity index (χ2n) is 6.47. The third-order valence-corrected chi connectivity index (χ3v) is 5.05. The molecule has 146 valence electrons. The zero-order valence-corrected chi connectivity index (χ0v) is 15.5. The van der Waals surface area contributed by atoms with Crippen LogP contribution in [0.1, 0.15) is 23.6 Å². The Labute approximate surface area is 163 Å². The van der Waals surface area contributed by atoms with Crippen LogP contribution in [0.3, 0.4) is 0 Å². The van der Waals surface area contributed by atoms with Gasteiger partial charge in [0.1, 0.15) is 11.3 Å². The van der Waals surface area contributed by atoms with E-state index in [-0.39, 0.29) is 24.5 Å². The number of rotatable bonds is 2. The topological polar surface area (TPSA) is 42.7 Å². The highest BCUT2D eigenvalue weighted by Gasteiger charge is 2.36. The highest BCUT2D eigenvalue weighted by molar-refractivity contribution is 6.33. The summed E-state index contributed by atoms with van der Waals surface area (Å²) < 4.78 is 51.3. The van der Waals surface area contributed by atoms with Gasteiger partial charge in [0.25, 0.3) is 0 Å². The Hall–Kier alpha value is -2.67. The molecule has 8 heteroatoms. The molecule has 0 radical (unpaired) electrons. The highest BCUT2D eigenvalue weighted by atomic mass is 35.5. The van der Waals surface area contributed by atoms with Crippen molar-refractivity contribution in [2.24, 2.45) is 0 Å². The molecule has 1 aliphatic heterocycles. The molecule has 0 amide bonds. The zero-order valence-electron chi connectivity index (χ0n) is 14.8. The number of nitrogens with zero attached hydrogens (tertiary/aromatic N) is 1. The molecule has 1 aromatic heterocycles. The molecule has 0 bridgehead atoms. The van der Waals surface area contributed by atoms with Crippen LogP contribution in [-0.2, 0) is 19.1 Å². The first-order valence-corrected chi connectivity index (χ1v) is 8.99. The SMILES string of the molecule is CCc1cc(=O)oc2c3c(c(Cl)cc12)OCN(c1ccccc1C(F)(F)F)C3. The van der Waals surface area contributed by atoms with Crippen molar-refractivity contribution in [1.82, 2.24) is 0 Å². The molecule has 0 unspecified atom stereocenters. The van der Waals surface area contributed by atoms with Gasteiger partial charge in [0.15, 0.2) is 6.73 Å². The van der Waals surface area contributed by atoms with E-state index in [1.165, 1.54) is 29.2 Å². The Morgan fingerprint density at radius 1 is 1.21 bits per heavy atom. The number of aryl methyl sites for hydroxylation is 1. The molecular formula is C20H15ClF3NO3. The van der Waals surface area contributed by atoms with Crippen LogP contribution in [0.2, 0.25) is 5.02 Å². The van der Waals surface area contributed by atoms with Crippen LogP contribution in [0.5, 0.6) is 5.75 Å². The number of fused-ring (bicyclic) bond motifs is 3. The number of hydrogen-bond acceptors (Lipinski definition) is 4. The molecule has 2 heterocycles. The van der Waals surface area contributed by atoms with Gasteiger partial charge in [-0.05, 0) is 30.2 Å². The average molecular weight is 410 g/mol. The Kier molecular flexibility index (Phi) is 4.50. The number of para-hydroxylation sites is 1. The summed E-state index contributed by atoms with van der Waals surface area (Å²) >= 11 is 6.34. The quantitative estimate of drug-likeness (QED) is 0.533. The maximum absolute atomic E-state index is 13.4. The van der Waals surface area contributed by atoms with Crippen LogP contribution in [0, 0.1) is 0 Å². The van der Waals surface area contributed by atoms with Crippen molar-refractivity contribution in [2.75, 3.05) is 11.6 Å². The van der Waals surface area contributed by atoms with E-state index in [1.54, 1.807) is 6.07 Å². The molecular weight excluding hydrogens is 395 g/mol. The summed E-state index contributed by atoms with van der Waals surface area (Å²) in [6, 6.07) is 8.34. The van der Waals surface area contributed by atoms with E-state index in [0.29, 0.717) is 28.1 Å². The fourth-order valence-electron chi connectivity index (χ4n) is 3.49. The number of hydrogen-bond donors (Lipinski definition) is 0. The van der Waals surface area contributed by atoms with Crippen LogP contribution < -0.4 is 15.3 Å². The Morgan fingerprint density at radius 2 is 1.96 bits per heavy atom. The minimum Gasteiger partial charge on any atom is -0.471 e. The molecule has 0 saturated carbocycles. The number of benzene rings is 2. The smallest absolute Gasteiger partial charge is 0.418 e. The van der Waals surface area contributed by atoms with Gasteiger partial charge in [0, 0.05) is 11.5 Å². The van der Waals surface area contributed by atoms with Gasteiger partial charge in [-0.1, -0.05) is 30.7 Å². The van der Waals surface area contributed by atoms with Crippen LogP contribution in [0.25, 0.3) is 11.0 Å². The molecule has 4 rings (SSSR count). The molecule has 2 aromatic carbocycles. The number of halogens is 4. The third-order valence-electron chi connectivity index (χ3n) is 4.77. The molecule has 28 heavy (non-hydrogen) atoms. The lowest BCUT2D eigenvalue weighted by Crippen LogP contribution is -2.33. The minimum atomic E-state index is -4.50. The Bertz CT molecular complexity index is 1120. The predicted molar refractivity (Wildman–Crippen MR) is 100.0 cm³/mol. The zero-order chi connectivity index (χ0) is 20.1. The maximum Gasteiger partial charge on any atom is 0.418 e. The summed E-state index contributed by atoms with van der Waals surface area (Å²) in [7, 11) is 0. The van der Waals surface area contributed by atoms with Gasteiger partial charge >= 0.3 is 11.8 Å². The van der Waals surface area contributed by atoms with Gasteiger partial charge in [-0.2, -0.15) is 13.2 Å². The highest BCUT2D eigenvalue weighted by Crippen LogP contribution is 2.42. The van der Waals surface area contributed by atoms with Gasteiger partial charge in [-0.15, -0.1) is 0 Å². The summed E-state index contributed by atoms with van der Waals surface area (Å²) in [6.45, 7) is 1.85. The molecule has 4 nitrogen and oxygen atoms in total. The van der Waals surface area contributed by atoms with Crippen LogP contribution in [-0.4, -0.2) is 6.73 Å². The average Bonchev–Trinajstić information content (AvgIpc) is 2.67. The lowest BCUT2D eigenvalue weighted by molar-refractivity contribution is -0.137. The molecule has 1 aliphatic rings. The molecule has 0 N–H and O–H groups in total. The molecule has 0 atom stereocenters. The summed E-state index contributed by atoms with van der Waals surface area (Å²) in [4.78, 5) is 13.4. The van der Waals surface area contributed by atoms with Gasteiger partial charge < -0.3 is 14.1 Å². The maximum atomic E-state index is 13.4. The summed E-state index contributed by atoms with van der Waals surface area (Å²) in [5.74, 6) is 0.325. The van der Waals surface area contributed by atoms with Crippen molar-refractivity contribution in [1.29, 1.82) is 0 Å². The summed E-state index contributed by atoms with van der Waals surface area (Å²) in [6.07, 6.45) is -3.92. The Balaban J connectivity index is 1.89. The lowest BCUT2D eigenvalue weighted by Gasteiger charge is -2.33. The lowest BCUT2D eigenvalue weighted by atomic mass is 10.0. The van der Waals surface area contributed by atoms with Crippen molar-refractivity contribution in [3.8, 4) is 5.75 Å². The minimum absolute atomic E-state index is 0.0113. The summed E-state index contributed by atoms with van der Waals surface area (Å²) in [5, 5.41) is 0.982. The predicted octanol–water partition coefficient (Wildman–Crippen LogP) is 5.38. The van der Waals surface area contributed by atoms with E-state index in [9.17, 15) is 18.0 Å². The standard InChI is InChI=1S/C20H15ClF3NO3/c1-2-11-7-17(26)28-18-12(11)8-15(21)19-13(18)9-25(10-27-19)16-6-4-3-5-14(16)20(22,23)24/h3-8H,2,9-10H2,1H3. The molecule has 3 aromatic rings. The van der Waals surface area contributed by atoms with Crippen molar-refractivity contribution in [2.45, 2.75) is 26.1 Å². The second-order valence-corrected chi connectivity index (χ2v) is 6.88. The largest absolute Gasteiger partial charge is 0.471 e. The van der Waals surface area contributed by atoms with Crippen molar-refractivity contribution >= 4 is 28.3 Å². The first kappa shape index (κ1) is 18.7. The Morgan fingerprint density at radius 3 is 2.68 bits per heavy atom. The van der Waals surface area contributed by atoms with E-state index >= 15 is 0 Å². The van der Waals surface area contributed by atoms with Crippen molar-refractivity contribution in [3.63, 3.8) is 0 Å². The van der Waals surface area contributed by atoms with E-state index in [2.05, 4.69) is 0 Å². The van der Waals surface area contributed by atoms with E-state index in [4.69, 9.17) is 20.8 Å². The number of ether oxygens (including phenoxy) is 1. The van der Waals surface area contributed by atoms with Crippen molar-refractivity contribution in [3.05, 3.63) is 68.5 Å². The number of alkyl halides is 3. The van der Waals surface area contributed by atoms with E-state index in [0.717, 1.165) is 11.6 Å². The normalized spacial score (nSPS) is 14.1. The van der Waals surface area contributed by atoms with Crippen molar-refractivity contribution < 1.29 is 22.3 Å². The van der Waals surface area contributed by atoms with Crippen LogP contribution in [0.4, 0.5) is 18.9 Å². The van der Waals surface area contributed by atoms with Gasteiger partial charge in [-0.25, -0.2) is 4.79 Å². The fraction of sp³-hybridized carbons (Fsp3) is 0.250. The molecule has 0 saturated heterocycles. The van der Waals surface area contributed by atoms with Crippen LogP contribution >= 0.6 is 11.6 Å². The first-order valence-electron chi connectivity index (χ1n) is 8.61. The van der Waals surface area contributed by atoms with Gasteiger partial charge in [-0.3, -0.25) is 0 Å². The van der Waals surface area contributed by atoms with E-state index in [1.807, 2.05) is 6.92 Å². The number of anilines is 1. The molecule has 0 spiro atoms. The van der Waals surface area contributed by atoms with Gasteiger partial charge in [0.2, 0.25) is 0 Å². The first-order chi connectivity index (χ1) is 13.3. The monoisotopic (exact) mass is 409 g/mol. The second kappa shape index (κ2) is 6.74.